The van der Waals surface area contributed by atoms with Crippen molar-refractivity contribution in [1.82, 2.24) is 10.3 Å². The van der Waals surface area contributed by atoms with E-state index in [4.69, 9.17) is 4.74 Å². The Morgan fingerprint density at radius 1 is 1.23 bits per heavy atom. The third kappa shape index (κ3) is 5.97. The summed E-state index contributed by atoms with van der Waals surface area (Å²) in [5.74, 6) is -0.431. The molecule has 5 nitrogen and oxygen atoms in total. The van der Waals surface area contributed by atoms with Crippen molar-refractivity contribution in [3.8, 4) is 16.3 Å². The molecule has 1 amide bonds. The number of aromatic nitrogens is 1. The Morgan fingerprint density at radius 3 is 2.65 bits per heavy atom. The fraction of sp³-hybridized carbons (Fsp3) is 0.273. The van der Waals surface area contributed by atoms with Crippen molar-refractivity contribution in [2.75, 3.05) is 25.6 Å². The van der Waals surface area contributed by atoms with E-state index in [1.165, 1.54) is 23.5 Å². The lowest BCUT2D eigenvalue weighted by Gasteiger charge is -2.21. The molecule has 1 aromatic heterocycles. The average Bonchev–Trinajstić information content (AvgIpc) is 3.26. The number of nitrogens with one attached hydrogen (secondary N) is 1. The first-order valence-corrected chi connectivity index (χ1v) is 10.3. The van der Waals surface area contributed by atoms with Gasteiger partial charge in [-0.25, -0.2) is 4.98 Å². The smallest absolute Gasteiger partial charge is 0.422 e. The number of rotatable bonds is 7. The van der Waals surface area contributed by atoms with Crippen LogP contribution < -0.4 is 15.0 Å². The van der Waals surface area contributed by atoms with Crippen LogP contribution in [0, 0.1) is 0 Å². The van der Waals surface area contributed by atoms with Gasteiger partial charge in [0.2, 0.25) is 0 Å². The number of hydrogen-bond acceptors (Lipinski definition) is 5. The summed E-state index contributed by atoms with van der Waals surface area (Å²) in [5.41, 5.74) is 2.63. The first kappa shape index (κ1) is 22.6. The van der Waals surface area contributed by atoms with Gasteiger partial charge in [0.15, 0.2) is 6.61 Å². The summed E-state index contributed by atoms with van der Waals surface area (Å²) < 4.78 is 42.3. The van der Waals surface area contributed by atoms with Gasteiger partial charge in [-0.3, -0.25) is 4.79 Å². The van der Waals surface area contributed by atoms with Crippen molar-refractivity contribution in [2.45, 2.75) is 19.1 Å². The molecule has 31 heavy (non-hydrogen) atoms. The Labute approximate surface area is 182 Å². The SMILES string of the molecule is CC(NC(=O)c1cc(OCC(F)(F)F)ccc1N(C)C)c1cccc(-c2nccs2)c1. The number of carbonyl (C=O) groups is 1. The lowest BCUT2D eigenvalue weighted by molar-refractivity contribution is -0.153. The number of carbonyl (C=O) groups excluding carboxylic acids is 1. The third-order valence-corrected chi connectivity index (χ3v) is 5.33. The number of halogens is 3. The zero-order chi connectivity index (χ0) is 22.6. The zero-order valence-corrected chi connectivity index (χ0v) is 18.1. The van der Waals surface area contributed by atoms with Crippen molar-refractivity contribution in [1.29, 1.82) is 0 Å². The predicted molar refractivity (Wildman–Crippen MR) is 116 cm³/mol. The highest BCUT2D eigenvalue weighted by molar-refractivity contribution is 7.13. The molecular formula is C22H22F3N3O2S. The second-order valence-corrected chi connectivity index (χ2v) is 8.03. The van der Waals surface area contributed by atoms with Gasteiger partial charge in [0, 0.05) is 36.9 Å². The van der Waals surface area contributed by atoms with Gasteiger partial charge in [-0.1, -0.05) is 18.2 Å². The second kappa shape index (κ2) is 9.38. The van der Waals surface area contributed by atoms with Crippen LogP contribution in [0.2, 0.25) is 0 Å². The average molecular weight is 449 g/mol. The number of nitrogens with zero attached hydrogens (tertiary/aromatic N) is 2. The number of thiazole rings is 1. The van der Waals surface area contributed by atoms with E-state index in [2.05, 4.69) is 10.3 Å². The Morgan fingerprint density at radius 2 is 2.00 bits per heavy atom. The predicted octanol–water partition coefficient (Wildman–Crippen LogP) is 5.31. The lowest BCUT2D eigenvalue weighted by Crippen LogP contribution is -2.28. The van der Waals surface area contributed by atoms with Crippen molar-refractivity contribution in [3.63, 3.8) is 0 Å². The van der Waals surface area contributed by atoms with Crippen LogP contribution in [-0.4, -0.2) is 37.8 Å². The van der Waals surface area contributed by atoms with Crippen LogP contribution in [-0.2, 0) is 0 Å². The summed E-state index contributed by atoms with van der Waals surface area (Å²) in [4.78, 5) is 19.0. The molecule has 1 heterocycles. The van der Waals surface area contributed by atoms with Crippen molar-refractivity contribution >= 4 is 22.9 Å². The van der Waals surface area contributed by atoms with Crippen LogP contribution in [0.4, 0.5) is 18.9 Å². The number of anilines is 1. The maximum atomic E-state index is 13.0. The molecule has 0 spiro atoms. The summed E-state index contributed by atoms with van der Waals surface area (Å²) in [7, 11) is 3.51. The highest BCUT2D eigenvalue weighted by Gasteiger charge is 2.28. The molecule has 164 valence electrons. The van der Waals surface area contributed by atoms with Crippen LogP contribution in [0.15, 0.2) is 54.0 Å². The Kier molecular flexibility index (Phi) is 6.84. The second-order valence-electron chi connectivity index (χ2n) is 7.14. The maximum Gasteiger partial charge on any atom is 0.422 e. The molecular weight excluding hydrogens is 427 g/mol. The normalized spacial score (nSPS) is 12.3. The Bertz CT molecular complexity index is 1040. The number of alkyl halides is 3. The Balaban J connectivity index is 1.80. The van der Waals surface area contributed by atoms with E-state index in [1.54, 1.807) is 31.3 Å². The van der Waals surface area contributed by atoms with E-state index in [9.17, 15) is 18.0 Å². The molecule has 0 aliphatic carbocycles. The monoisotopic (exact) mass is 449 g/mol. The molecule has 0 bridgehead atoms. The van der Waals surface area contributed by atoms with Crippen molar-refractivity contribution < 1.29 is 22.7 Å². The van der Waals surface area contributed by atoms with Gasteiger partial charge in [0.05, 0.1) is 11.6 Å². The number of ether oxygens (including phenoxy) is 1. The molecule has 9 heteroatoms. The first-order valence-electron chi connectivity index (χ1n) is 9.45. The van der Waals surface area contributed by atoms with E-state index < -0.39 is 18.7 Å². The van der Waals surface area contributed by atoms with Crippen molar-refractivity contribution in [2.24, 2.45) is 0 Å². The standard InChI is InChI=1S/C22H22F3N3O2S/c1-14(15-5-4-6-16(11-15)21-26-9-10-31-21)27-20(29)18-12-17(30-13-22(23,24)25)7-8-19(18)28(2)3/h4-12,14H,13H2,1-3H3,(H,27,29). The minimum Gasteiger partial charge on any atom is -0.484 e. The molecule has 1 unspecified atom stereocenters. The molecule has 2 aromatic carbocycles. The Hall–Kier alpha value is -3.07. The van der Waals surface area contributed by atoms with E-state index >= 15 is 0 Å². The topological polar surface area (TPSA) is 54.5 Å². The highest BCUT2D eigenvalue weighted by atomic mass is 32.1. The summed E-state index contributed by atoms with van der Waals surface area (Å²) in [6.07, 6.45) is -2.73. The third-order valence-electron chi connectivity index (χ3n) is 4.51. The summed E-state index contributed by atoms with van der Waals surface area (Å²) >= 11 is 1.52. The molecule has 0 fully saturated rings. The van der Waals surface area contributed by atoms with Gasteiger partial charge in [0.25, 0.3) is 5.91 Å². The molecule has 0 aliphatic heterocycles. The molecule has 0 radical (unpaired) electrons. The van der Waals surface area contributed by atoms with Crippen LogP contribution in [0.3, 0.4) is 0 Å². The minimum atomic E-state index is -4.46. The fourth-order valence-electron chi connectivity index (χ4n) is 3.01. The van der Waals surface area contributed by atoms with E-state index in [0.29, 0.717) is 5.69 Å². The zero-order valence-electron chi connectivity index (χ0n) is 17.2. The van der Waals surface area contributed by atoms with Gasteiger partial charge in [-0.2, -0.15) is 13.2 Å². The van der Waals surface area contributed by atoms with E-state index in [0.717, 1.165) is 16.1 Å². The molecule has 0 aliphatic rings. The van der Waals surface area contributed by atoms with E-state index in [-0.39, 0.29) is 17.4 Å². The highest BCUT2D eigenvalue weighted by Crippen LogP contribution is 2.28. The largest absolute Gasteiger partial charge is 0.484 e. The number of benzene rings is 2. The lowest BCUT2D eigenvalue weighted by atomic mass is 10.0. The summed E-state index contributed by atoms with van der Waals surface area (Å²) in [6.45, 7) is 0.424. The number of hydrogen-bond donors (Lipinski definition) is 1. The maximum absolute atomic E-state index is 13.0. The number of amides is 1. The fourth-order valence-corrected chi connectivity index (χ4v) is 3.64. The quantitative estimate of drug-likeness (QED) is 0.531. The molecule has 3 aromatic rings. The molecule has 1 atom stereocenters. The van der Waals surface area contributed by atoms with Gasteiger partial charge in [-0.15, -0.1) is 11.3 Å². The molecule has 1 N–H and O–H groups in total. The van der Waals surface area contributed by atoms with Crippen LogP contribution in [0.1, 0.15) is 28.9 Å². The van der Waals surface area contributed by atoms with Gasteiger partial charge < -0.3 is 15.0 Å². The van der Waals surface area contributed by atoms with Crippen LogP contribution >= 0.6 is 11.3 Å². The van der Waals surface area contributed by atoms with Crippen LogP contribution in [0.5, 0.6) is 5.75 Å². The van der Waals surface area contributed by atoms with Gasteiger partial charge in [0.1, 0.15) is 10.8 Å². The summed E-state index contributed by atoms with van der Waals surface area (Å²) in [6, 6.07) is 11.7. The van der Waals surface area contributed by atoms with Gasteiger partial charge in [-0.05, 0) is 36.8 Å². The first-order chi connectivity index (χ1) is 14.6. The summed E-state index contributed by atoms with van der Waals surface area (Å²) in [5, 5.41) is 5.69. The minimum absolute atomic E-state index is 0.0218. The molecule has 3 rings (SSSR count). The van der Waals surface area contributed by atoms with Crippen LogP contribution in [0.25, 0.3) is 10.6 Å². The molecule has 0 saturated heterocycles. The van der Waals surface area contributed by atoms with Crippen molar-refractivity contribution in [3.05, 3.63) is 65.2 Å². The van der Waals surface area contributed by atoms with Gasteiger partial charge >= 0.3 is 6.18 Å². The molecule has 0 saturated carbocycles. The van der Waals surface area contributed by atoms with E-state index in [1.807, 2.05) is 36.6 Å².